The van der Waals surface area contributed by atoms with Crippen LogP contribution in [-0.4, -0.2) is 12.1 Å². The maximum Gasteiger partial charge on any atom is 0.116 e. The number of benzene rings is 1. The van der Waals surface area contributed by atoms with Crippen LogP contribution >= 0.6 is 0 Å². The lowest BCUT2D eigenvalue weighted by Gasteiger charge is -2.32. The van der Waals surface area contributed by atoms with Crippen LogP contribution < -0.4 is 15.8 Å². The molecule has 0 aromatic heterocycles. The lowest BCUT2D eigenvalue weighted by molar-refractivity contribution is 0.561. The van der Waals surface area contributed by atoms with Crippen LogP contribution in [0.4, 0.5) is 11.4 Å². The molecule has 0 bridgehead atoms. The van der Waals surface area contributed by atoms with Crippen LogP contribution in [-0.2, 0) is 6.42 Å². The van der Waals surface area contributed by atoms with E-state index in [1.807, 2.05) is 33.8 Å². The van der Waals surface area contributed by atoms with E-state index in [2.05, 4.69) is 47.1 Å². The van der Waals surface area contributed by atoms with E-state index in [4.69, 9.17) is 6.42 Å². The molecule has 24 heavy (non-hydrogen) atoms. The van der Waals surface area contributed by atoms with E-state index in [1.165, 1.54) is 5.56 Å². The molecule has 0 spiro atoms. The summed E-state index contributed by atoms with van der Waals surface area (Å²) in [4.78, 5) is 0. The average molecular weight is 321 g/mol. The van der Waals surface area contributed by atoms with Crippen molar-refractivity contribution in [1.29, 1.82) is 0 Å². The fourth-order valence-corrected chi connectivity index (χ4v) is 3.26. The van der Waals surface area contributed by atoms with Gasteiger partial charge in [0.15, 0.2) is 0 Å². The van der Waals surface area contributed by atoms with Gasteiger partial charge in [-0.25, -0.2) is 0 Å². The summed E-state index contributed by atoms with van der Waals surface area (Å²) in [6.07, 6.45) is 12.7. The molecule has 1 aromatic carbocycles. The predicted octanol–water partition coefficient (Wildman–Crippen LogP) is 4.03. The Labute approximate surface area is 145 Å². The molecule has 1 aliphatic heterocycles. The van der Waals surface area contributed by atoms with E-state index in [1.54, 1.807) is 0 Å². The summed E-state index contributed by atoms with van der Waals surface area (Å²) in [6.45, 7) is 14.3. The summed E-state index contributed by atoms with van der Waals surface area (Å²) >= 11 is 0. The Hall–Kier alpha value is -2.34. The fourth-order valence-electron chi connectivity index (χ4n) is 3.26. The van der Waals surface area contributed by atoms with Crippen molar-refractivity contribution in [2.24, 2.45) is 16.1 Å². The van der Waals surface area contributed by atoms with Gasteiger partial charge in [0.05, 0.1) is 11.7 Å². The van der Waals surface area contributed by atoms with Crippen molar-refractivity contribution in [2.45, 2.75) is 53.1 Å². The third-order valence-corrected chi connectivity index (χ3v) is 4.48. The van der Waals surface area contributed by atoms with Crippen molar-refractivity contribution in [2.75, 3.05) is 5.32 Å². The third kappa shape index (κ3) is 3.14. The van der Waals surface area contributed by atoms with Crippen LogP contribution in [0.2, 0.25) is 0 Å². The zero-order chi connectivity index (χ0) is 17.9. The Morgan fingerprint density at radius 1 is 1.29 bits per heavy atom. The molecule has 1 heterocycles. The lowest BCUT2D eigenvalue weighted by Crippen LogP contribution is -2.37. The SMILES string of the molecule is C#CC1Cc2c(c(N=NC(C)C)c(=C/C)/c(=C\C)c2C=C)NC1C. The molecule has 0 aliphatic carbocycles. The van der Waals surface area contributed by atoms with Crippen LogP contribution in [0, 0.1) is 18.3 Å². The molecule has 1 aliphatic rings. The van der Waals surface area contributed by atoms with Crippen LogP contribution in [0.25, 0.3) is 18.2 Å². The highest BCUT2D eigenvalue weighted by Gasteiger charge is 2.28. The fraction of sp³-hybridized carbons (Fsp3) is 0.429. The van der Waals surface area contributed by atoms with Crippen LogP contribution in [0.1, 0.15) is 45.7 Å². The second kappa shape index (κ2) is 7.49. The van der Waals surface area contributed by atoms with Gasteiger partial charge in [-0.15, -0.1) is 12.3 Å². The van der Waals surface area contributed by atoms with Gasteiger partial charge < -0.3 is 5.32 Å². The highest BCUT2D eigenvalue weighted by Crippen LogP contribution is 2.35. The zero-order valence-electron chi connectivity index (χ0n) is 15.4. The molecule has 3 heteroatoms. The summed E-state index contributed by atoms with van der Waals surface area (Å²) in [5, 5.41) is 14.8. The number of hydrogen-bond acceptors (Lipinski definition) is 3. The normalized spacial score (nSPS) is 21.7. The molecule has 2 rings (SSSR count). The molecular formula is C21H27N3. The van der Waals surface area contributed by atoms with Gasteiger partial charge >= 0.3 is 0 Å². The Kier molecular flexibility index (Phi) is 5.62. The van der Waals surface area contributed by atoms with Crippen molar-refractivity contribution < 1.29 is 0 Å². The molecule has 3 nitrogen and oxygen atoms in total. The average Bonchev–Trinajstić information content (AvgIpc) is 2.57. The minimum atomic E-state index is 0.151. The second-order valence-corrected chi connectivity index (χ2v) is 6.44. The van der Waals surface area contributed by atoms with Crippen LogP contribution in [0.15, 0.2) is 16.8 Å². The molecule has 0 saturated carbocycles. The van der Waals surface area contributed by atoms with E-state index < -0.39 is 0 Å². The molecule has 0 saturated heterocycles. The number of hydrogen-bond donors (Lipinski definition) is 1. The Morgan fingerprint density at radius 3 is 2.46 bits per heavy atom. The summed E-state index contributed by atoms with van der Waals surface area (Å²) in [7, 11) is 0. The third-order valence-electron chi connectivity index (χ3n) is 4.48. The van der Waals surface area contributed by atoms with Crippen molar-refractivity contribution >= 4 is 29.6 Å². The summed E-state index contributed by atoms with van der Waals surface area (Å²) in [5.74, 6) is 3.07. The molecule has 1 N–H and O–H groups in total. The molecular weight excluding hydrogens is 294 g/mol. The number of nitrogens with zero attached hydrogens (tertiary/aromatic N) is 2. The molecule has 0 fully saturated rings. The number of nitrogens with one attached hydrogen (secondary N) is 1. The maximum atomic E-state index is 5.73. The number of anilines is 1. The molecule has 0 amide bonds. The van der Waals surface area contributed by atoms with E-state index in [0.717, 1.165) is 33.8 Å². The first kappa shape index (κ1) is 18.0. The summed E-state index contributed by atoms with van der Waals surface area (Å²) < 4.78 is 0. The monoisotopic (exact) mass is 321 g/mol. The van der Waals surface area contributed by atoms with Crippen molar-refractivity contribution in [3.05, 3.63) is 28.1 Å². The van der Waals surface area contributed by atoms with E-state index in [0.29, 0.717) is 0 Å². The van der Waals surface area contributed by atoms with Gasteiger partial charge in [-0.05, 0) is 57.4 Å². The lowest BCUT2D eigenvalue weighted by atomic mass is 9.84. The van der Waals surface area contributed by atoms with E-state index >= 15 is 0 Å². The van der Waals surface area contributed by atoms with Crippen LogP contribution in [0.5, 0.6) is 0 Å². The Bertz CT molecular complexity index is 822. The molecule has 126 valence electrons. The highest BCUT2D eigenvalue weighted by atomic mass is 15.1. The van der Waals surface area contributed by atoms with Gasteiger partial charge in [0.1, 0.15) is 5.69 Å². The molecule has 2 atom stereocenters. The van der Waals surface area contributed by atoms with Gasteiger partial charge in [0, 0.05) is 17.2 Å². The van der Waals surface area contributed by atoms with Crippen molar-refractivity contribution in [3.8, 4) is 12.3 Å². The molecule has 1 aromatic rings. The first-order valence-corrected chi connectivity index (χ1v) is 8.55. The number of fused-ring (bicyclic) bond motifs is 1. The smallest absolute Gasteiger partial charge is 0.116 e. The van der Waals surface area contributed by atoms with Gasteiger partial charge in [0.2, 0.25) is 0 Å². The number of terminal acetylenes is 1. The number of azo groups is 1. The quantitative estimate of drug-likeness (QED) is 0.662. The Balaban J connectivity index is 2.91. The molecule has 2 unspecified atom stereocenters. The van der Waals surface area contributed by atoms with Gasteiger partial charge in [-0.2, -0.15) is 10.2 Å². The first-order chi connectivity index (χ1) is 11.5. The Morgan fingerprint density at radius 2 is 1.96 bits per heavy atom. The van der Waals surface area contributed by atoms with Gasteiger partial charge in [0.25, 0.3) is 0 Å². The van der Waals surface area contributed by atoms with Crippen molar-refractivity contribution in [3.63, 3.8) is 0 Å². The number of rotatable bonds is 3. The highest BCUT2D eigenvalue weighted by molar-refractivity contribution is 5.79. The van der Waals surface area contributed by atoms with Crippen LogP contribution in [0.3, 0.4) is 0 Å². The minimum Gasteiger partial charge on any atom is -0.379 e. The molecule has 0 radical (unpaired) electrons. The maximum absolute atomic E-state index is 5.73. The minimum absolute atomic E-state index is 0.151. The largest absolute Gasteiger partial charge is 0.379 e. The van der Waals surface area contributed by atoms with E-state index in [9.17, 15) is 0 Å². The van der Waals surface area contributed by atoms with Gasteiger partial charge in [-0.1, -0.05) is 24.8 Å². The topological polar surface area (TPSA) is 36.8 Å². The summed E-state index contributed by atoms with van der Waals surface area (Å²) in [6, 6.07) is 0.354. The van der Waals surface area contributed by atoms with Gasteiger partial charge in [-0.3, -0.25) is 0 Å². The first-order valence-electron chi connectivity index (χ1n) is 8.55. The van der Waals surface area contributed by atoms with E-state index in [-0.39, 0.29) is 18.0 Å². The van der Waals surface area contributed by atoms with Crippen molar-refractivity contribution in [1.82, 2.24) is 0 Å². The predicted molar refractivity (Wildman–Crippen MR) is 105 cm³/mol. The standard InChI is InChI=1S/C21H27N3/c1-8-15-12-19-17(10-3)16(9-2)18(11-4)21(24-23-13(5)6)20(19)22-14(15)7/h1,9-11,13-15,22H,3,12H2,2,4-7H3/b16-9-,18-11+,24-23?. The summed E-state index contributed by atoms with van der Waals surface area (Å²) in [5.41, 5.74) is 4.29. The second-order valence-electron chi connectivity index (χ2n) is 6.44. The zero-order valence-corrected chi connectivity index (χ0v) is 15.4.